The Kier molecular flexibility index (Phi) is 3.99. The molecule has 0 aliphatic rings. The predicted molar refractivity (Wildman–Crippen MR) is 66.7 cm³/mol. The topological polar surface area (TPSA) is 4.93 Å². The zero-order valence-electron chi connectivity index (χ0n) is 9.34. The van der Waals surface area contributed by atoms with Crippen molar-refractivity contribution in [2.75, 3.05) is 0 Å². The molecule has 1 heterocycles. The lowest BCUT2D eigenvalue weighted by Crippen LogP contribution is -2.07. The molecule has 0 atom stereocenters. The number of aromatic nitrogens is 1. The Morgan fingerprint density at radius 3 is 2.57 bits per heavy atom. The van der Waals surface area contributed by atoms with Crippen LogP contribution in [-0.4, -0.2) is 4.57 Å². The SMILES string of the molecule is Cc1cc(/C=C/Br)c(C)n1CC(C)C. The van der Waals surface area contributed by atoms with Gasteiger partial charge in [0, 0.05) is 17.9 Å². The molecule has 14 heavy (non-hydrogen) atoms. The fourth-order valence-corrected chi connectivity index (χ4v) is 2.00. The van der Waals surface area contributed by atoms with Crippen molar-refractivity contribution in [3.8, 4) is 0 Å². The summed E-state index contributed by atoms with van der Waals surface area (Å²) in [6.45, 7) is 9.95. The summed E-state index contributed by atoms with van der Waals surface area (Å²) in [6, 6.07) is 2.23. The van der Waals surface area contributed by atoms with E-state index in [0.717, 1.165) is 6.54 Å². The zero-order valence-corrected chi connectivity index (χ0v) is 10.9. The normalized spacial score (nSPS) is 11.9. The first-order chi connectivity index (χ1) is 6.56. The summed E-state index contributed by atoms with van der Waals surface area (Å²) >= 11 is 3.32. The summed E-state index contributed by atoms with van der Waals surface area (Å²) in [5.74, 6) is 0.695. The summed E-state index contributed by atoms with van der Waals surface area (Å²) in [5.41, 5.74) is 4.00. The Hall–Kier alpha value is -0.500. The van der Waals surface area contributed by atoms with Crippen molar-refractivity contribution < 1.29 is 0 Å². The third-order valence-electron chi connectivity index (χ3n) is 2.40. The van der Waals surface area contributed by atoms with E-state index < -0.39 is 0 Å². The molecule has 1 nitrogen and oxygen atoms in total. The first-order valence-corrected chi connectivity index (χ1v) is 5.91. The van der Waals surface area contributed by atoms with Gasteiger partial charge in [0.25, 0.3) is 0 Å². The monoisotopic (exact) mass is 255 g/mol. The van der Waals surface area contributed by atoms with Crippen molar-refractivity contribution in [1.29, 1.82) is 0 Å². The summed E-state index contributed by atoms with van der Waals surface area (Å²) in [7, 11) is 0. The fourth-order valence-electron chi connectivity index (χ4n) is 1.71. The molecule has 0 saturated heterocycles. The van der Waals surface area contributed by atoms with Crippen LogP contribution in [0, 0.1) is 19.8 Å². The molecule has 0 bridgehead atoms. The van der Waals surface area contributed by atoms with Crippen LogP contribution in [0.5, 0.6) is 0 Å². The van der Waals surface area contributed by atoms with E-state index in [1.54, 1.807) is 0 Å². The summed E-state index contributed by atoms with van der Waals surface area (Å²) in [6.07, 6.45) is 2.10. The number of nitrogens with zero attached hydrogens (tertiary/aromatic N) is 1. The van der Waals surface area contributed by atoms with Crippen LogP contribution >= 0.6 is 15.9 Å². The Balaban J connectivity index is 3.04. The van der Waals surface area contributed by atoms with Crippen molar-refractivity contribution in [2.24, 2.45) is 5.92 Å². The molecule has 0 unspecified atom stereocenters. The van der Waals surface area contributed by atoms with Gasteiger partial charge in [-0.25, -0.2) is 0 Å². The maximum atomic E-state index is 3.32. The minimum absolute atomic E-state index is 0.695. The molecule has 0 aromatic carbocycles. The molecular formula is C12H18BrN. The third-order valence-corrected chi connectivity index (χ3v) is 2.67. The van der Waals surface area contributed by atoms with Crippen molar-refractivity contribution >= 4 is 22.0 Å². The molecule has 1 rings (SSSR count). The molecule has 0 spiro atoms. The van der Waals surface area contributed by atoms with Gasteiger partial charge in [0.15, 0.2) is 0 Å². The van der Waals surface area contributed by atoms with E-state index in [1.807, 2.05) is 4.99 Å². The van der Waals surface area contributed by atoms with Crippen molar-refractivity contribution in [2.45, 2.75) is 34.2 Å². The van der Waals surface area contributed by atoms with Gasteiger partial charge in [-0.15, -0.1) is 0 Å². The second-order valence-corrected chi connectivity index (χ2v) is 4.65. The molecule has 0 aliphatic heterocycles. The van der Waals surface area contributed by atoms with Crippen LogP contribution in [0.25, 0.3) is 6.08 Å². The van der Waals surface area contributed by atoms with Crippen LogP contribution < -0.4 is 0 Å². The lowest BCUT2D eigenvalue weighted by Gasteiger charge is -2.11. The molecule has 0 N–H and O–H groups in total. The molecule has 0 amide bonds. The van der Waals surface area contributed by atoms with Crippen molar-refractivity contribution in [3.05, 3.63) is 28.0 Å². The van der Waals surface area contributed by atoms with Gasteiger partial charge in [-0.1, -0.05) is 29.8 Å². The Labute approximate surface area is 94.9 Å². The van der Waals surface area contributed by atoms with Crippen LogP contribution in [0.1, 0.15) is 30.8 Å². The molecule has 0 aliphatic carbocycles. The molecule has 1 aromatic rings. The standard InChI is InChI=1S/C12H18BrN/c1-9(2)8-14-10(3)7-12(5-6-13)11(14)4/h5-7,9H,8H2,1-4H3/b6-5+. The quantitative estimate of drug-likeness (QED) is 0.766. The van der Waals surface area contributed by atoms with Crippen LogP contribution in [-0.2, 0) is 6.54 Å². The number of halogens is 1. The zero-order chi connectivity index (χ0) is 10.7. The highest BCUT2D eigenvalue weighted by Gasteiger charge is 2.07. The van der Waals surface area contributed by atoms with Crippen LogP contribution in [0.4, 0.5) is 0 Å². The van der Waals surface area contributed by atoms with Crippen LogP contribution in [0.15, 0.2) is 11.1 Å². The maximum absolute atomic E-state index is 3.32. The van der Waals surface area contributed by atoms with Crippen LogP contribution in [0.2, 0.25) is 0 Å². The largest absolute Gasteiger partial charge is 0.348 e. The Bertz CT molecular complexity index is 334. The Morgan fingerprint density at radius 1 is 1.43 bits per heavy atom. The van der Waals surface area contributed by atoms with E-state index in [-0.39, 0.29) is 0 Å². The molecule has 0 saturated carbocycles. The summed E-state index contributed by atoms with van der Waals surface area (Å²) in [5, 5.41) is 0. The average Bonchev–Trinajstić information content (AvgIpc) is 2.33. The number of hydrogen-bond donors (Lipinski definition) is 0. The van der Waals surface area contributed by atoms with Gasteiger partial charge in [0.1, 0.15) is 0 Å². The molecule has 0 radical (unpaired) electrons. The molecule has 0 fully saturated rings. The van der Waals surface area contributed by atoms with Gasteiger partial charge in [-0.05, 0) is 42.5 Å². The summed E-state index contributed by atoms with van der Waals surface area (Å²) in [4.78, 5) is 1.91. The van der Waals surface area contributed by atoms with E-state index in [1.165, 1.54) is 17.0 Å². The minimum Gasteiger partial charge on any atom is -0.348 e. The highest BCUT2D eigenvalue weighted by molar-refractivity contribution is 9.11. The lowest BCUT2D eigenvalue weighted by molar-refractivity contribution is 0.509. The highest BCUT2D eigenvalue weighted by atomic mass is 79.9. The van der Waals surface area contributed by atoms with E-state index in [0.29, 0.717) is 5.92 Å². The van der Waals surface area contributed by atoms with E-state index in [4.69, 9.17) is 0 Å². The first-order valence-electron chi connectivity index (χ1n) is 4.99. The number of rotatable bonds is 3. The smallest absolute Gasteiger partial charge is 0.0247 e. The highest BCUT2D eigenvalue weighted by Crippen LogP contribution is 2.18. The second-order valence-electron chi connectivity index (χ2n) is 4.12. The maximum Gasteiger partial charge on any atom is 0.0247 e. The van der Waals surface area contributed by atoms with Gasteiger partial charge in [0.2, 0.25) is 0 Å². The second kappa shape index (κ2) is 4.83. The van der Waals surface area contributed by atoms with Crippen molar-refractivity contribution in [1.82, 2.24) is 4.57 Å². The predicted octanol–water partition coefficient (Wildman–Crippen LogP) is 4.13. The van der Waals surface area contributed by atoms with Crippen LogP contribution in [0.3, 0.4) is 0 Å². The van der Waals surface area contributed by atoms with E-state index in [2.05, 4.69) is 60.3 Å². The summed E-state index contributed by atoms with van der Waals surface area (Å²) < 4.78 is 2.38. The average molecular weight is 256 g/mol. The number of hydrogen-bond acceptors (Lipinski definition) is 0. The van der Waals surface area contributed by atoms with Gasteiger partial charge in [-0.2, -0.15) is 0 Å². The van der Waals surface area contributed by atoms with Gasteiger partial charge in [0.05, 0.1) is 0 Å². The molecule has 1 aromatic heterocycles. The molecular weight excluding hydrogens is 238 g/mol. The minimum atomic E-state index is 0.695. The van der Waals surface area contributed by atoms with E-state index >= 15 is 0 Å². The molecule has 78 valence electrons. The van der Waals surface area contributed by atoms with Gasteiger partial charge < -0.3 is 4.57 Å². The van der Waals surface area contributed by atoms with Crippen molar-refractivity contribution in [3.63, 3.8) is 0 Å². The third kappa shape index (κ3) is 2.50. The Morgan fingerprint density at radius 2 is 2.07 bits per heavy atom. The lowest BCUT2D eigenvalue weighted by atomic mass is 10.2. The van der Waals surface area contributed by atoms with Gasteiger partial charge in [-0.3, -0.25) is 0 Å². The fraction of sp³-hybridized carbons (Fsp3) is 0.500. The van der Waals surface area contributed by atoms with E-state index in [9.17, 15) is 0 Å². The number of aryl methyl sites for hydroxylation is 1. The molecule has 2 heteroatoms. The van der Waals surface area contributed by atoms with Gasteiger partial charge >= 0.3 is 0 Å². The first kappa shape index (κ1) is 11.6.